The second kappa shape index (κ2) is 21.3. The zero-order valence-corrected chi connectivity index (χ0v) is 20.9. The molecule has 0 unspecified atom stereocenters. The van der Waals surface area contributed by atoms with Gasteiger partial charge in [0.2, 0.25) is 0 Å². The molecule has 0 atom stereocenters. The lowest BCUT2D eigenvalue weighted by molar-refractivity contribution is 0.0494. The Labute approximate surface area is 198 Å². The first-order chi connectivity index (χ1) is 15.8. The van der Waals surface area contributed by atoms with Crippen LogP contribution in [0.3, 0.4) is 0 Å². The molecule has 0 fully saturated rings. The van der Waals surface area contributed by atoms with Crippen LogP contribution in [-0.4, -0.2) is 17.7 Å². The second-order valence-electron chi connectivity index (χ2n) is 9.37. The molecular weight excluding hydrogens is 396 g/mol. The van der Waals surface area contributed by atoms with E-state index in [1.54, 1.807) is 18.2 Å². The molecule has 1 aromatic rings. The molecule has 0 amide bonds. The quantitative estimate of drug-likeness (QED) is 0.142. The van der Waals surface area contributed by atoms with Crippen LogP contribution >= 0.6 is 0 Å². The molecule has 0 saturated carbocycles. The average molecular weight is 447 g/mol. The lowest BCUT2D eigenvalue weighted by Crippen LogP contribution is -2.06. The standard InChI is InChI=1S/C29H50O3/c1-2-3-4-5-6-7-8-9-10-11-12-13-14-15-16-17-18-19-20-23-26-32-29(31)27-24-21-22-25-28(27)30/h21-22,24-25,30H,2-20,23,26H2,1H3. The van der Waals surface area contributed by atoms with Crippen molar-refractivity contribution in [3.63, 3.8) is 0 Å². The van der Waals surface area contributed by atoms with E-state index >= 15 is 0 Å². The largest absolute Gasteiger partial charge is 0.507 e. The van der Waals surface area contributed by atoms with Crippen LogP contribution in [0, 0.1) is 0 Å². The van der Waals surface area contributed by atoms with Crippen molar-refractivity contribution in [2.75, 3.05) is 6.61 Å². The Hall–Kier alpha value is -1.51. The first-order valence-electron chi connectivity index (χ1n) is 13.7. The molecule has 1 aromatic carbocycles. The van der Waals surface area contributed by atoms with Crippen molar-refractivity contribution in [3.05, 3.63) is 29.8 Å². The zero-order valence-electron chi connectivity index (χ0n) is 20.9. The van der Waals surface area contributed by atoms with Gasteiger partial charge in [0.15, 0.2) is 0 Å². The van der Waals surface area contributed by atoms with Crippen LogP contribution in [0.2, 0.25) is 0 Å². The summed E-state index contributed by atoms with van der Waals surface area (Å²) in [6.07, 6.45) is 27.2. The number of ether oxygens (including phenoxy) is 1. The van der Waals surface area contributed by atoms with Crippen LogP contribution in [0.25, 0.3) is 0 Å². The number of phenols is 1. The van der Waals surface area contributed by atoms with Crippen molar-refractivity contribution >= 4 is 5.97 Å². The smallest absolute Gasteiger partial charge is 0.341 e. The number of benzene rings is 1. The van der Waals surface area contributed by atoms with Crippen molar-refractivity contribution < 1.29 is 14.6 Å². The first kappa shape index (κ1) is 28.5. The number of aromatic hydroxyl groups is 1. The minimum Gasteiger partial charge on any atom is -0.507 e. The van der Waals surface area contributed by atoms with Gasteiger partial charge in [0.1, 0.15) is 11.3 Å². The minimum absolute atomic E-state index is 0.0130. The number of phenolic OH excluding ortho intramolecular Hbond substituents is 1. The van der Waals surface area contributed by atoms with E-state index in [9.17, 15) is 9.90 Å². The Bertz CT molecular complexity index is 555. The number of rotatable bonds is 22. The Kier molecular flexibility index (Phi) is 19.0. The molecule has 0 aliphatic carbocycles. The highest BCUT2D eigenvalue weighted by Crippen LogP contribution is 2.17. The van der Waals surface area contributed by atoms with Crippen LogP contribution in [-0.2, 0) is 4.74 Å². The van der Waals surface area contributed by atoms with E-state index in [1.165, 1.54) is 122 Å². The molecule has 0 radical (unpaired) electrons. The topological polar surface area (TPSA) is 46.5 Å². The van der Waals surface area contributed by atoms with E-state index in [2.05, 4.69) is 6.92 Å². The van der Waals surface area contributed by atoms with E-state index in [1.807, 2.05) is 0 Å². The summed E-state index contributed by atoms with van der Waals surface area (Å²) in [6, 6.07) is 6.53. The lowest BCUT2D eigenvalue weighted by atomic mass is 10.0. The molecule has 32 heavy (non-hydrogen) atoms. The fourth-order valence-electron chi connectivity index (χ4n) is 4.25. The van der Waals surface area contributed by atoms with Crippen molar-refractivity contribution in [1.29, 1.82) is 0 Å². The van der Waals surface area contributed by atoms with Crippen LogP contribution in [0.1, 0.15) is 146 Å². The molecule has 1 N–H and O–H groups in total. The second-order valence-corrected chi connectivity index (χ2v) is 9.37. The van der Waals surface area contributed by atoms with E-state index in [0.29, 0.717) is 6.61 Å². The molecule has 3 heteroatoms. The van der Waals surface area contributed by atoms with Gasteiger partial charge in [0.25, 0.3) is 0 Å². The highest BCUT2D eigenvalue weighted by Gasteiger charge is 2.10. The number of esters is 1. The number of hydrogen-bond donors (Lipinski definition) is 1. The van der Waals surface area contributed by atoms with Crippen molar-refractivity contribution in [3.8, 4) is 5.75 Å². The van der Waals surface area contributed by atoms with Crippen molar-refractivity contribution in [2.24, 2.45) is 0 Å². The predicted octanol–water partition coefficient (Wildman–Crippen LogP) is 9.37. The molecular formula is C29H50O3. The van der Waals surface area contributed by atoms with Crippen molar-refractivity contribution in [2.45, 2.75) is 135 Å². The summed E-state index contributed by atoms with van der Waals surface area (Å²) in [5.41, 5.74) is 0.251. The summed E-state index contributed by atoms with van der Waals surface area (Å²) >= 11 is 0. The van der Waals surface area contributed by atoms with Crippen LogP contribution in [0.15, 0.2) is 24.3 Å². The third-order valence-electron chi connectivity index (χ3n) is 6.36. The highest BCUT2D eigenvalue weighted by atomic mass is 16.5. The summed E-state index contributed by atoms with van der Waals surface area (Å²) < 4.78 is 5.25. The van der Waals surface area contributed by atoms with E-state index < -0.39 is 5.97 Å². The molecule has 0 spiro atoms. The molecule has 0 heterocycles. The average Bonchev–Trinajstić information content (AvgIpc) is 2.80. The normalized spacial score (nSPS) is 11.0. The van der Waals surface area contributed by atoms with Gasteiger partial charge in [0.05, 0.1) is 6.61 Å². The molecule has 0 aliphatic heterocycles. The summed E-state index contributed by atoms with van der Waals surface area (Å²) in [5.74, 6) is -0.443. The molecule has 0 aliphatic rings. The van der Waals surface area contributed by atoms with E-state index in [4.69, 9.17) is 4.74 Å². The summed E-state index contributed by atoms with van der Waals surface area (Å²) in [5, 5.41) is 9.65. The van der Waals surface area contributed by atoms with Gasteiger partial charge in [-0.15, -0.1) is 0 Å². The van der Waals surface area contributed by atoms with Gasteiger partial charge in [-0.3, -0.25) is 0 Å². The zero-order chi connectivity index (χ0) is 23.1. The van der Waals surface area contributed by atoms with Gasteiger partial charge >= 0.3 is 5.97 Å². The van der Waals surface area contributed by atoms with Gasteiger partial charge in [-0.05, 0) is 18.6 Å². The summed E-state index contributed by atoms with van der Waals surface area (Å²) in [6.45, 7) is 2.72. The van der Waals surface area contributed by atoms with Gasteiger partial charge in [-0.25, -0.2) is 4.79 Å². The number of unbranched alkanes of at least 4 members (excludes halogenated alkanes) is 19. The minimum atomic E-state index is -0.430. The van der Waals surface area contributed by atoms with Crippen LogP contribution in [0.4, 0.5) is 0 Å². The molecule has 0 aromatic heterocycles. The maximum absolute atomic E-state index is 11.9. The number of para-hydroxylation sites is 1. The molecule has 0 saturated heterocycles. The third-order valence-corrected chi connectivity index (χ3v) is 6.36. The van der Waals surface area contributed by atoms with E-state index in [-0.39, 0.29) is 11.3 Å². The van der Waals surface area contributed by atoms with E-state index in [0.717, 1.165) is 12.8 Å². The Morgan fingerprint density at radius 1 is 0.625 bits per heavy atom. The molecule has 1 rings (SSSR count). The Balaban J connectivity index is 1.74. The van der Waals surface area contributed by atoms with Crippen LogP contribution < -0.4 is 0 Å². The maximum Gasteiger partial charge on any atom is 0.341 e. The molecule has 3 nitrogen and oxygen atoms in total. The van der Waals surface area contributed by atoms with Gasteiger partial charge in [0, 0.05) is 0 Å². The fourth-order valence-corrected chi connectivity index (χ4v) is 4.25. The van der Waals surface area contributed by atoms with Gasteiger partial charge in [-0.2, -0.15) is 0 Å². The fraction of sp³-hybridized carbons (Fsp3) is 0.759. The predicted molar refractivity (Wildman–Crippen MR) is 136 cm³/mol. The highest BCUT2D eigenvalue weighted by molar-refractivity contribution is 5.92. The van der Waals surface area contributed by atoms with Crippen LogP contribution in [0.5, 0.6) is 5.75 Å². The first-order valence-corrected chi connectivity index (χ1v) is 13.7. The van der Waals surface area contributed by atoms with Gasteiger partial charge in [-0.1, -0.05) is 141 Å². The van der Waals surface area contributed by atoms with Gasteiger partial charge < -0.3 is 9.84 Å². The SMILES string of the molecule is CCCCCCCCCCCCCCCCCCCCCCOC(=O)c1ccccc1O. The third kappa shape index (κ3) is 16.2. The summed E-state index contributed by atoms with van der Waals surface area (Å²) in [4.78, 5) is 11.9. The number of hydrogen-bond acceptors (Lipinski definition) is 3. The van der Waals surface area contributed by atoms with Crippen molar-refractivity contribution in [1.82, 2.24) is 0 Å². The molecule has 0 bridgehead atoms. The Morgan fingerprint density at radius 2 is 1.00 bits per heavy atom. The Morgan fingerprint density at radius 3 is 1.41 bits per heavy atom. The number of carbonyl (C=O) groups is 1. The maximum atomic E-state index is 11.9. The lowest BCUT2D eigenvalue weighted by Gasteiger charge is -2.06. The number of carbonyl (C=O) groups excluding carboxylic acids is 1. The summed E-state index contributed by atoms with van der Waals surface area (Å²) in [7, 11) is 0. The molecule has 184 valence electrons. The monoisotopic (exact) mass is 446 g/mol.